The van der Waals surface area contributed by atoms with Crippen molar-refractivity contribution in [2.75, 3.05) is 13.1 Å². The molecule has 40 heavy (non-hydrogen) atoms. The van der Waals surface area contributed by atoms with Gasteiger partial charge in [-0.3, -0.25) is 9.59 Å². The van der Waals surface area contributed by atoms with E-state index in [9.17, 15) is 22.8 Å². The number of nitrogens with zero attached hydrogens (tertiary/aromatic N) is 2. The Balaban J connectivity index is 1.68. The molecule has 0 radical (unpaired) electrons. The van der Waals surface area contributed by atoms with Gasteiger partial charge in [-0.2, -0.15) is 4.31 Å². The number of carbonyl (C=O) groups excluding carboxylic acids is 1. The van der Waals surface area contributed by atoms with E-state index in [2.05, 4.69) is 9.97 Å². The van der Waals surface area contributed by atoms with Crippen molar-refractivity contribution in [3.63, 3.8) is 0 Å². The maximum absolute atomic E-state index is 14.0. The maximum atomic E-state index is 14.0. The lowest BCUT2D eigenvalue weighted by atomic mass is 10.0. The molecule has 3 aromatic rings. The number of H-pyrrole nitrogens is 2. The minimum Gasteiger partial charge on any atom is -0.481 e. The number of carboxylic acid groups (broad SMARTS) is 1. The Morgan fingerprint density at radius 1 is 1.18 bits per heavy atom. The molecular formula is C28H38N4O7S. The van der Waals surface area contributed by atoms with Gasteiger partial charge < -0.3 is 24.7 Å². The Labute approximate surface area is 233 Å². The molecule has 2 aromatic heterocycles. The summed E-state index contributed by atoms with van der Waals surface area (Å²) in [6.45, 7) is 9.39. The number of pyridine rings is 1. The van der Waals surface area contributed by atoms with Gasteiger partial charge in [0.15, 0.2) is 0 Å². The van der Waals surface area contributed by atoms with Crippen LogP contribution in [0.4, 0.5) is 4.79 Å². The van der Waals surface area contributed by atoms with Gasteiger partial charge in [0.05, 0.1) is 4.90 Å². The third-order valence-corrected chi connectivity index (χ3v) is 8.86. The normalized spacial score (nSPS) is 14.4. The van der Waals surface area contributed by atoms with Crippen molar-refractivity contribution < 1.29 is 27.9 Å². The number of carboxylic acids is 1. The number of ether oxygens (including phenoxy) is 1. The van der Waals surface area contributed by atoms with E-state index < -0.39 is 27.7 Å². The van der Waals surface area contributed by atoms with E-state index in [1.165, 1.54) is 15.3 Å². The largest absolute Gasteiger partial charge is 0.481 e. The van der Waals surface area contributed by atoms with Crippen LogP contribution in [0.25, 0.3) is 21.8 Å². The summed E-state index contributed by atoms with van der Waals surface area (Å²) in [6.07, 6.45) is 3.46. The zero-order chi connectivity index (χ0) is 29.4. The van der Waals surface area contributed by atoms with Crippen LogP contribution < -0.4 is 5.56 Å². The lowest BCUT2D eigenvalue weighted by molar-refractivity contribution is -0.137. The maximum Gasteiger partial charge on any atom is 0.410 e. The van der Waals surface area contributed by atoms with E-state index in [0.29, 0.717) is 34.6 Å². The number of aromatic amines is 2. The zero-order valence-corrected chi connectivity index (χ0v) is 24.4. The van der Waals surface area contributed by atoms with Gasteiger partial charge in [0.25, 0.3) is 5.56 Å². The monoisotopic (exact) mass is 574 g/mol. The Morgan fingerprint density at radius 2 is 1.88 bits per heavy atom. The second kappa shape index (κ2) is 11.2. The summed E-state index contributed by atoms with van der Waals surface area (Å²) in [4.78, 5) is 43.9. The van der Waals surface area contributed by atoms with Gasteiger partial charge in [0.2, 0.25) is 10.0 Å². The summed E-state index contributed by atoms with van der Waals surface area (Å²) < 4.78 is 34.9. The average molecular weight is 575 g/mol. The number of hydrogen-bond donors (Lipinski definition) is 3. The molecule has 4 rings (SSSR count). The van der Waals surface area contributed by atoms with Crippen molar-refractivity contribution in [1.29, 1.82) is 0 Å². The van der Waals surface area contributed by atoms with Gasteiger partial charge in [-0.25, -0.2) is 13.2 Å². The van der Waals surface area contributed by atoms with Gasteiger partial charge in [-0.05, 0) is 84.1 Å². The third-order valence-electron chi connectivity index (χ3n) is 6.91. The first-order chi connectivity index (χ1) is 18.7. The molecule has 1 aliphatic carbocycles. The molecule has 1 fully saturated rings. The number of fused-ring (bicyclic) bond motifs is 3. The first-order valence-corrected chi connectivity index (χ1v) is 15.0. The molecule has 0 saturated heterocycles. The molecule has 0 atom stereocenters. The second-order valence-corrected chi connectivity index (χ2v) is 13.5. The molecule has 0 spiro atoms. The highest BCUT2D eigenvalue weighted by Gasteiger charge is 2.39. The van der Waals surface area contributed by atoms with Crippen molar-refractivity contribution in [2.24, 2.45) is 0 Å². The zero-order valence-electron chi connectivity index (χ0n) is 23.6. The standard InChI is InChI=1S/C28H38N4O7S/c1-17(2)31(27(36)39-28(3,4)5)13-14-32(19-9-10-19)40(37,38)20-11-12-22-21(15-20)24-18(7-6-8-23(33)34)16-29-25(24)26(35)30-22/h11-12,15-17,19,29H,6-10,13-14H2,1-5H3,(H,30,35)(H,33,34). The summed E-state index contributed by atoms with van der Waals surface area (Å²) in [5.41, 5.74) is 0.555. The second-order valence-electron chi connectivity index (χ2n) is 11.6. The van der Waals surface area contributed by atoms with Crippen LogP contribution >= 0.6 is 0 Å². The fraction of sp³-hybridized carbons (Fsp3) is 0.536. The highest BCUT2D eigenvalue weighted by Crippen LogP contribution is 2.34. The van der Waals surface area contributed by atoms with E-state index in [4.69, 9.17) is 9.84 Å². The molecule has 0 unspecified atom stereocenters. The van der Waals surface area contributed by atoms with Gasteiger partial charge >= 0.3 is 12.1 Å². The fourth-order valence-electron chi connectivity index (χ4n) is 4.85. The number of amides is 1. The van der Waals surface area contributed by atoms with Crippen LogP contribution in [-0.4, -0.2) is 75.5 Å². The highest BCUT2D eigenvalue weighted by atomic mass is 32.2. The molecule has 0 bridgehead atoms. The molecule has 1 aromatic carbocycles. The predicted molar refractivity (Wildman–Crippen MR) is 152 cm³/mol. The van der Waals surface area contributed by atoms with Gasteiger partial charge in [0, 0.05) is 54.1 Å². The predicted octanol–water partition coefficient (Wildman–Crippen LogP) is 4.22. The smallest absolute Gasteiger partial charge is 0.410 e. The minimum absolute atomic E-state index is 0.0134. The molecule has 218 valence electrons. The molecule has 3 N–H and O–H groups in total. The van der Waals surface area contributed by atoms with Crippen LogP contribution in [0.3, 0.4) is 0 Å². The number of aromatic nitrogens is 2. The lowest BCUT2D eigenvalue weighted by Gasteiger charge is -2.32. The molecule has 0 aliphatic heterocycles. The third kappa shape index (κ3) is 6.49. The average Bonchev–Trinajstić information content (AvgIpc) is 3.58. The van der Waals surface area contributed by atoms with Crippen molar-refractivity contribution in [1.82, 2.24) is 19.2 Å². The van der Waals surface area contributed by atoms with Gasteiger partial charge in [0.1, 0.15) is 11.1 Å². The first kappa shape index (κ1) is 29.6. The number of aryl methyl sites for hydroxylation is 1. The number of benzene rings is 1. The number of rotatable bonds is 11. The number of sulfonamides is 1. The molecule has 1 aliphatic rings. The molecule has 2 heterocycles. The number of hydrogen-bond acceptors (Lipinski definition) is 6. The van der Waals surface area contributed by atoms with E-state index in [1.807, 2.05) is 13.8 Å². The molecule has 1 amide bonds. The summed E-state index contributed by atoms with van der Waals surface area (Å²) in [5.74, 6) is -0.904. The summed E-state index contributed by atoms with van der Waals surface area (Å²) in [7, 11) is -3.94. The Bertz CT molecular complexity index is 1580. The molecule has 11 nitrogen and oxygen atoms in total. The number of aliphatic carboxylic acids is 1. The number of carbonyl (C=O) groups is 2. The van der Waals surface area contributed by atoms with Crippen LogP contribution in [0.2, 0.25) is 0 Å². The van der Waals surface area contributed by atoms with Crippen LogP contribution in [-0.2, 0) is 26.0 Å². The quantitative estimate of drug-likeness (QED) is 0.310. The fourth-order valence-corrected chi connectivity index (χ4v) is 6.55. The van der Waals surface area contributed by atoms with E-state index in [0.717, 1.165) is 18.4 Å². The topological polar surface area (TPSA) is 153 Å². The molecular weight excluding hydrogens is 536 g/mol. The Kier molecular flexibility index (Phi) is 8.32. The van der Waals surface area contributed by atoms with Crippen molar-refractivity contribution in [3.05, 3.63) is 40.3 Å². The summed E-state index contributed by atoms with van der Waals surface area (Å²) in [5, 5.41) is 10.2. The summed E-state index contributed by atoms with van der Waals surface area (Å²) in [6, 6.07) is 4.31. The van der Waals surface area contributed by atoms with Crippen molar-refractivity contribution >= 4 is 43.9 Å². The Hall–Kier alpha value is -3.38. The van der Waals surface area contributed by atoms with Crippen molar-refractivity contribution in [2.45, 2.75) is 89.3 Å². The minimum atomic E-state index is -3.94. The molecule has 1 saturated carbocycles. The van der Waals surface area contributed by atoms with E-state index >= 15 is 0 Å². The van der Waals surface area contributed by atoms with E-state index in [1.54, 1.807) is 39.1 Å². The lowest BCUT2D eigenvalue weighted by Crippen LogP contribution is -2.46. The SMILES string of the molecule is CC(C)N(CCN(C1CC1)S(=O)(=O)c1ccc2[nH]c(=O)c3[nH]cc(CCCC(=O)O)c3c2c1)C(=O)OC(C)(C)C. The van der Waals surface area contributed by atoms with Crippen LogP contribution in [0, 0.1) is 0 Å². The van der Waals surface area contributed by atoms with E-state index in [-0.39, 0.29) is 42.0 Å². The Morgan fingerprint density at radius 3 is 2.48 bits per heavy atom. The highest BCUT2D eigenvalue weighted by molar-refractivity contribution is 7.89. The first-order valence-electron chi connectivity index (χ1n) is 13.6. The van der Waals surface area contributed by atoms with Gasteiger partial charge in [-0.15, -0.1) is 0 Å². The van der Waals surface area contributed by atoms with Crippen LogP contribution in [0.5, 0.6) is 0 Å². The van der Waals surface area contributed by atoms with Gasteiger partial charge in [-0.1, -0.05) is 0 Å². The summed E-state index contributed by atoms with van der Waals surface area (Å²) >= 11 is 0. The van der Waals surface area contributed by atoms with Crippen LogP contribution in [0.1, 0.15) is 65.9 Å². The molecule has 12 heteroatoms. The van der Waals surface area contributed by atoms with Crippen LogP contribution in [0.15, 0.2) is 34.1 Å². The van der Waals surface area contributed by atoms with Crippen molar-refractivity contribution in [3.8, 4) is 0 Å². The number of nitrogens with one attached hydrogen (secondary N) is 2.